The molecule has 1 aromatic heterocycles. The van der Waals surface area contributed by atoms with Crippen molar-refractivity contribution in [2.75, 3.05) is 29.9 Å². The summed E-state index contributed by atoms with van der Waals surface area (Å²) in [5.41, 5.74) is 3.07. The number of hydrogen-bond acceptors (Lipinski definition) is 4. The van der Waals surface area contributed by atoms with E-state index in [1.807, 2.05) is 48.2 Å². The number of para-hydroxylation sites is 1. The number of benzene rings is 2. The summed E-state index contributed by atoms with van der Waals surface area (Å²) in [6.45, 7) is 3.13. The zero-order chi connectivity index (χ0) is 19.3. The van der Waals surface area contributed by atoms with Gasteiger partial charge in [-0.15, -0.1) is 0 Å². The fourth-order valence-corrected chi connectivity index (χ4v) is 4.38. The summed E-state index contributed by atoms with van der Waals surface area (Å²) in [5.74, 6) is 2.13. The molecule has 0 bridgehead atoms. The monoisotopic (exact) mass is 412 g/mol. The summed E-state index contributed by atoms with van der Waals surface area (Å²) < 4.78 is 1.61. The van der Waals surface area contributed by atoms with E-state index in [0.29, 0.717) is 10.7 Å². The molecule has 144 valence electrons. The number of aromatic nitrogens is 2. The second-order valence-corrected chi connectivity index (χ2v) is 8.27. The van der Waals surface area contributed by atoms with Gasteiger partial charge >= 0.3 is 0 Å². The number of carbonyl (C=O) groups is 1. The van der Waals surface area contributed by atoms with Crippen molar-refractivity contribution in [3.8, 4) is 5.69 Å². The molecule has 1 fully saturated rings. The van der Waals surface area contributed by atoms with Crippen LogP contribution in [0.1, 0.15) is 16.1 Å². The minimum Gasteiger partial charge on any atom is -0.321 e. The molecule has 2 aromatic carbocycles. The molecule has 2 heterocycles. The van der Waals surface area contributed by atoms with Crippen LogP contribution in [0.3, 0.4) is 0 Å². The van der Waals surface area contributed by atoms with E-state index in [9.17, 15) is 4.79 Å². The molecule has 0 spiro atoms. The van der Waals surface area contributed by atoms with Gasteiger partial charge in [-0.1, -0.05) is 35.9 Å². The van der Waals surface area contributed by atoms with Gasteiger partial charge in [-0.25, -0.2) is 4.68 Å². The number of carbonyl (C=O) groups excluding carboxylic acids is 1. The lowest BCUT2D eigenvalue weighted by Crippen LogP contribution is -2.31. The van der Waals surface area contributed by atoms with Gasteiger partial charge in [0.2, 0.25) is 0 Å². The van der Waals surface area contributed by atoms with Crippen LogP contribution >= 0.6 is 23.4 Å². The highest BCUT2D eigenvalue weighted by molar-refractivity contribution is 7.99. The quantitative estimate of drug-likeness (QED) is 0.677. The number of amides is 1. The Morgan fingerprint density at radius 1 is 1.11 bits per heavy atom. The van der Waals surface area contributed by atoms with Crippen LogP contribution in [0.4, 0.5) is 5.69 Å². The zero-order valence-corrected chi connectivity index (χ0v) is 16.9. The van der Waals surface area contributed by atoms with Crippen LogP contribution in [0.2, 0.25) is 5.02 Å². The summed E-state index contributed by atoms with van der Waals surface area (Å²) in [7, 11) is 0. The van der Waals surface area contributed by atoms with Gasteiger partial charge in [-0.3, -0.25) is 9.69 Å². The van der Waals surface area contributed by atoms with E-state index in [0.717, 1.165) is 31.0 Å². The van der Waals surface area contributed by atoms with E-state index in [2.05, 4.69) is 21.4 Å². The fourth-order valence-electron chi connectivity index (χ4n) is 3.18. The third kappa shape index (κ3) is 4.58. The second-order valence-electron chi connectivity index (χ2n) is 6.64. The van der Waals surface area contributed by atoms with Crippen molar-refractivity contribution in [1.82, 2.24) is 14.7 Å². The van der Waals surface area contributed by atoms with Gasteiger partial charge in [0.05, 0.1) is 10.7 Å². The van der Waals surface area contributed by atoms with Crippen LogP contribution in [0.15, 0.2) is 60.8 Å². The van der Waals surface area contributed by atoms with Gasteiger partial charge in [0.25, 0.3) is 5.91 Å². The Labute approximate surface area is 173 Å². The molecule has 0 radical (unpaired) electrons. The molecular weight excluding hydrogens is 392 g/mol. The number of hydrogen-bond donors (Lipinski definition) is 1. The summed E-state index contributed by atoms with van der Waals surface area (Å²) in [5, 5.41) is 7.89. The number of thioether (sulfide) groups is 1. The molecule has 1 N–H and O–H groups in total. The average Bonchev–Trinajstić information content (AvgIpc) is 3.20. The summed E-state index contributed by atoms with van der Waals surface area (Å²) in [6, 6.07) is 17.1. The Morgan fingerprint density at radius 3 is 2.75 bits per heavy atom. The fraction of sp³-hybridized carbons (Fsp3) is 0.238. The number of anilines is 1. The molecule has 0 aliphatic carbocycles. The highest BCUT2D eigenvalue weighted by Crippen LogP contribution is 2.20. The maximum Gasteiger partial charge on any atom is 0.276 e. The molecule has 0 saturated carbocycles. The first-order chi connectivity index (χ1) is 13.7. The van der Waals surface area contributed by atoms with Gasteiger partial charge in [0.15, 0.2) is 5.69 Å². The molecule has 1 aliphatic heterocycles. The molecule has 4 rings (SSSR count). The van der Waals surface area contributed by atoms with Crippen LogP contribution in [0.5, 0.6) is 0 Å². The maximum absolute atomic E-state index is 12.6. The number of halogens is 1. The number of nitrogens with one attached hydrogen (secondary N) is 1. The van der Waals surface area contributed by atoms with Crippen molar-refractivity contribution in [2.45, 2.75) is 6.54 Å². The smallest absolute Gasteiger partial charge is 0.276 e. The standard InChI is InChI=1S/C21H21ClN4OS/c22-18-6-1-2-7-20(18)26-9-8-19(24-26)21(27)23-17-5-3-4-16(14-17)15-25-10-12-28-13-11-25/h1-9,14H,10-13,15H2,(H,23,27). The molecule has 1 aliphatic rings. The van der Waals surface area contributed by atoms with Crippen molar-refractivity contribution in [3.05, 3.63) is 77.1 Å². The topological polar surface area (TPSA) is 50.2 Å². The first kappa shape index (κ1) is 19.1. The summed E-state index contributed by atoms with van der Waals surface area (Å²) >= 11 is 8.21. The second kappa shape index (κ2) is 8.82. The van der Waals surface area contributed by atoms with Crippen LogP contribution in [0, 0.1) is 0 Å². The van der Waals surface area contributed by atoms with Crippen LogP contribution < -0.4 is 5.32 Å². The third-order valence-corrected chi connectivity index (χ3v) is 5.88. The molecule has 28 heavy (non-hydrogen) atoms. The van der Waals surface area contributed by atoms with Crippen molar-refractivity contribution in [1.29, 1.82) is 0 Å². The summed E-state index contributed by atoms with van der Waals surface area (Å²) in [6.07, 6.45) is 1.74. The molecule has 0 atom stereocenters. The Balaban J connectivity index is 1.44. The molecular formula is C21H21ClN4OS. The summed E-state index contributed by atoms with van der Waals surface area (Å²) in [4.78, 5) is 15.1. The molecule has 0 unspecified atom stereocenters. The Kier molecular flexibility index (Phi) is 6.00. The van der Waals surface area contributed by atoms with E-state index >= 15 is 0 Å². The van der Waals surface area contributed by atoms with Crippen molar-refractivity contribution >= 4 is 35.0 Å². The Hall–Kier alpha value is -2.28. The third-order valence-electron chi connectivity index (χ3n) is 4.62. The first-order valence-corrected chi connectivity index (χ1v) is 10.7. The number of rotatable bonds is 5. The molecule has 5 nitrogen and oxygen atoms in total. The van der Waals surface area contributed by atoms with E-state index in [4.69, 9.17) is 11.6 Å². The van der Waals surface area contributed by atoms with Crippen molar-refractivity contribution < 1.29 is 4.79 Å². The van der Waals surface area contributed by atoms with Gasteiger partial charge in [-0.2, -0.15) is 16.9 Å². The van der Waals surface area contributed by atoms with E-state index in [-0.39, 0.29) is 5.91 Å². The predicted octanol–water partition coefficient (Wildman–Crippen LogP) is 4.33. The van der Waals surface area contributed by atoms with Crippen molar-refractivity contribution in [3.63, 3.8) is 0 Å². The van der Waals surface area contributed by atoms with E-state index in [1.54, 1.807) is 23.0 Å². The normalized spacial score (nSPS) is 14.8. The Bertz CT molecular complexity index is 968. The minimum absolute atomic E-state index is 0.239. The van der Waals surface area contributed by atoms with Crippen LogP contribution in [0.25, 0.3) is 5.69 Å². The lowest BCUT2D eigenvalue weighted by molar-refractivity contribution is 0.102. The average molecular weight is 413 g/mol. The van der Waals surface area contributed by atoms with Crippen molar-refractivity contribution in [2.24, 2.45) is 0 Å². The maximum atomic E-state index is 12.6. The molecule has 1 amide bonds. The van der Waals surface area contributed by atoms with Crippen LogP contribution in [-0.2, 0) is 6.54 Å². The molecule has 3 aromatic rings. The van der Waals surface area contributed by atoms with Crippen LogP contribution in [-0.4, -0.2) is 45.2 Å². The largest absolute Gasteiger partial charge is 0.321 e. The SMILES string of the molecule is O=C(Nc1cccc(CN2CCSCC2)c1)c1ccn(-c2ccccc2Cl)n1. The van der Waals surface area contributed by atoms with E-state index < -0.39 is 0 Å². The van der Waals surface area contributed by atoms with Gasteiger partial charge in [0.1, 0.15) is 0 Å². The minimum atomic E-state index is -0.239. The highest BCUT2D eigenvalue weighted by Gasteiger charge is 2.13. The zero-order valence-electron chi connectivity index (χ0n) is 15.3. The predicted molar refractivity (Wildman–Crippen MR) is 116 cm³/mol. The van der Waals surface area contributed by atoms with E-state index in [1.165, 1.54) is 17.1 Å². The molecule has 1 saturated heterocycles. The molecule has 7 heteroatoms. The Morgan fingerprint density at radius 2 is 1.93 bits per heavy atom. The number of nitrogens with zero attached hydrogens (tertiary/aromatic N) is 3. The van der Waals surface area contributed by atoms with Gasteiger partial charge in [-0.05, 0) is 35.9 Å². The van der Waals surface area contributed by atoms with Gasteiger partial charge in [0, 0.05) is 43.0 Å². The lowest BCUT2D eigenvalue weighted by atomic mass is 10.2. The highest BCUT2D eigenvalue weighted by atomic mass is 35.5. The first-order valence-electron chi connectivity index (χ1n) is 9.20. The lowest BCUT2D eigenvalue weighted by Gasteiger charge is -2.26. The van der Waals surface area contributed by atoms with Gasteiger partial charge < -0.3 is 5.32 Å².